The molecule has 5 nitrogen and oxygen atoms in total. The van der Waals surface area contributed by atoms with E-state index in [1.165, 1.54) is 23.2 Å². The third kappa shape index (κ3) is 7.67. The minimum Gasteiger partial charge on any atom is -0.467 e. The lowest BCUT2D eigenvalue weighted by Crippen LogP contribution is -2.33. The quantitative estimate of drug-likeness (QED) is 0.841. The Kier molecular flexibility index (Phi) is 11.0. The Morgan fingerprint density at radius 1 is 1.41 bits per heavy atom. The molecule has 1 N–H and O–H groups in total. The predicted octanol–water partition coefficient (Wildman–Crippen LogP) is 2.16. The van der Waals surface area contributed by atoms with Gasteiger partial charge in [0.2, 0.25) is 5.88 Å². The highest BCUT2D eigenvalue weighted by Gasteiger charge is 2.29. The number of alkyl halides is 3. The Hall–Kier alpha value is -1.25. The zero-order chi connectivity index (χ0) is 15.2. The lowest BCUT2D eigenvalue weighted by atomic mass is 10.2. The summed E-state index contributed by atoms with van der Waals surface area (Å²) in [5.74, 6) is -0.753. The first-order chi connectivity index (χ1) is 9.35. The van der Waals surface area contributed by atoms with Crippen molar-refractivity contribution in [1.29, 1.82) is 0 Å². The van der Waals surface area contributed by atoms with Crippen LogP contribution in [0.1, 0.15) is 10.4 Å². The third-order valence-corrected chi connectivity index (χ3v) is 2.42. The predicted molar refractivity (Wildman–Crippen MR) is 81.2 cm³/mol. The summed E-state index contributed by atoms with van der Waals surface area (Å²) in [6.07, 6.45) is -3.20. The molecule has 0 spiro atoms. The van der Waals surface area contributed by atoms with Crippen molar-refractivity contribution in [2.24, 2.45) is 0 Å². The fourth-order valence-electron chi connectivity index (χ4n) is 1.41. The van der Waals surface area contributed by atoms with Crippen molar-refractivity contribution in [2.75, 3.05) is 33.8 Å². The van der Waals surface area contributed by atoms with Crippen LogP contribution in [-0.4, -0.2) is 55.8 Å². The Morgan fingerprint density at radius 3 is 2.59 bits per heavy atom. The summed E-state index contributed by atoms with van der Waals surface area (Å²) in [4.78, 5) is 17.2. The van der Waals surface area contributed by atoms with Gasteiger partial charge in [0, 0.05) is 26.3 Å². The first kappa shape index (κ1) is 23.0. The summed E-state index contributed by atoms with van der Waals surface area (Å²) >= 11 is 0. The van der Waals surface area contributed by atoms with E-state index in [-0.39, 0.29) is 36.3 Å². The summed E-state index contributed by atoms with van der Waals surface area (Å²) in [7, 11) is 3.29. The van der Waals surface area contributed by atoms with Gasteiger partial charge in [0.05, 0.1) is 0 Å². The van der Waals surface area contributed by atoms with E-state index < -0.39 is 18.7 Å². The maximum atomic E-state index is 12.1. The van der Waals surface area contributed by atoms with Crippen molar-refractivity contribution >= 4 is 30.7 Å². The molecule has 0 saturated heterocycles. The molecule has 1 amide bonds. The Balaban J connectivity index is 0. The molecule has 0 aromatic carbocycles. The SMILES string of the molecule is CNCCN(C)C(=O)c1cccnc1OCC(F)(F)F.Cl.Cl. The van der Waals surface area contributed by atoms with E-state index in [0.717, 1.165) is 0 Å². The van der Waals surface area contributed by atoms with Crippen molar-refractivity contribution in [3.05, 3.63) is 23.9 Å². The van der Waals surface area contributed by atoms with Crippen LogP contribution in [-0.2, 0) is 0 Å². The summed E-state index contributed by atoms with van der Waals surface area (Å²) in [6.45, 7) is -0.491. The molecule has 0 unspecified atom stereocenters. The molecule has 10 heteroatoms. The number of nitrogens with zero attached hydrogens (tertiary/aromatic N) is 2. The number of pyridine rings is 1. The van der Waals surface area contributed by atoms with Crippen LogP contribution in [0.25, 0.3) is 0 Å². The fraction of sp³-hybridized carbons (Fsp3) is 0.500. The van der Waals surface area contributed by atoms with Gasteiger partial charge >= 0.3 is 6.18 Å². The number of carbonyl (C=O) groups is 1. The molecule has 1 heterocycles. The molecule has 0 aliphatic heterocycles. The Bertz CT molecular complexity index is 461. The molecule has 0 aliphatic rings. The van der Waals surface area contributed by atoms with Gasteiger partial charge in [-0.05, 0) is 19.2 Å². The highest BCUT2D eigenvalue weighted by atomic mass is 35.5. The number of nitrogens with one attached hydrogen (secondary N) is 1. The van der Waals surface area contributed by atoms with Crippen LogP contribution < -0.4 is 10.1 Å². The summed E-state index contributed by atoms with van der Waals surface area (Å²) < 4.78 is 41.0. The Labute approximate surface area is 139 Å². The molecule has 1 rings (SSSR count). The number of carbonyl (C=O) groups excluding carboxylic acids is 1. The smallest absolute Gasteiger partial charge is 0.422 e. The molecular weight excluding hydrogens is 346 g/mol. The van der Waals surface area contributed by atoms with Crippen LogP contribution in [0.5, 0.6) is 5.88 Å². The molecule has 0 atom stereocenters. The van der Waals surface area contributed by atoms with Gasteiger partial charge in [0.1, 0.15) is 5.56 Å². The van der Waals surface area contributed by atoms with Gasteiger partial charge in [-0.15, -0.1) is 24.8 Å². The lowest BCUT2D eigenvalue weighted by Gasteiger charge is -2.18. The van der Waals surface area contributed by atoms with Crippen LogP contribution in [0, 0.1) is 0 Å². The standard InChI is InChI=1S/C12H16F3N3O2.2ClH/c1-16-6-7-18(2)11(19)9-4-3-5-17-10(9)20-8-12(13,14)15;;/h3-5,16H,6-8H2,1-2H3;2*1H. The van der Waals surface area contributed by atoms with Gasteiger partial charge < -0.3 is 15.0 Å². The first-order valence-electron chi connectivity index (χ1n) is 5.90. The van der Waals surface area contributed by atoms with Crippen LogP contribution in [0.2, 0.25) is 0 Å². The number of rotatable bonds is 6. The summed E-state index contributed by atoms with van der Waals surface area (Å²) in [5.41, 5.74) is 0.00959. The van der Waals surface area contributed by atoms with Crippen LogP contribution in [0.15, 0.2) is 18.3 Å². The van der Waals surface area contributed by atoms with E-state index in [4.69, 9.17) is 0 Å². The van der Waals surface area contributed by atoms with Crippen LogP contribution in [0.3, 0.4) is 0 Å². The largest absolute Gasteiger partial charge is 0.467 e. The molecule has 0 aliphatic carbocycles. The third-order valence-electron chi connectivity index (χ3n) is 2.42. The zero-order valence-corrected chi connectivity index (χ0v) is 13.6. The zero-order valence-electron chi connectivity index (χ0n) is 12.0. The maximum Gasteiger partial charge on any atom is 0.422 e. The van der Waals surface area contributed by atoms with Crippen molar-refractivity contribution in [1.82, 2.24) is 15.2 Å². The van der Waals surface area contributed by atoms with Crippen LogP contribution >= 0.6 is 24.8 Å². The monoisotopic (exact) mass is 363 g/mol. The maximum absolute atomic E-state index is 12.1. The second-order valence-electron chi connectivity index (χ2n) is 4.09. The second kappa shape index (κ2) is 10.5. The van der Waals surface area contributed by atoms with E-state index in [2.05, 4.69) is 15.0 Å². The minimum atomic E-state index is -4.48. The number of amides is 1. The van der Waals surface area contributed by atoms with Gasteiger partial charge in [0.15, 0.2) is 6.61 Å². The highest BCUT2D eigenvalue weighted by Crippen LogP contribution is 2.20. The molecule has 0 bridgehead atoms. The molecule has 128 valence electrons. The van der Waals surface area contributed by atoms with Gasteiger partial charge in [-0.3, -0.25) is 4.79 Å². The average Bonchev–Trinajstić information content (AvgIpc) is 2.41. The van der Waals surface area contributed by atoms with Crippen molar-refractivity contribution < 1.29 is 22.7 Å². The molecule has 0 radical (unpaired) electrons. The van der Waals surface area contributed by atoms with E-state index in [9.17, 15) is 18.0 Å². The van der Waals surface area contributed by atoms with E-state index >= 15 is 0 Å². The van der Waals surface area contributed by atoms with Gasteiger partial charge in [0.25, 0.3) is 5.91 Å². The molecule has 22 heavy (non-hydrogen) atoms. The van der Waals surface area contributed by atoms with Crippen LogP contribution in [0.4, 0.5) is 13.2 Å². The number of hydrogen-bond donors (Lipinski definition) is 1. The second-order valence-corrected chi connectivity index (χ2v) is 4.09. The highest BCUT2D eigenvalue weighted by molar-refractivity contribution is 5.96. The molecular formula is C12H18Cl2F3N3O2. The molecule has 0 fully saturated rings. The fourth-order valence-corrected chi connectivity index (χ4v) is 1.41. The van der Waals surface area contributed by atoms with Gasteiger partial charge in [-0.2, -0.15) is 13.2 Å². The normalized spacial score (nSPS) is 10.2. The lowest BCUT2D eigenvalue weighted by molar-refractivity contribution is -0.154. The molecule has 1 aromatic heterocycles. The van der Waals surface area contributed by atoms with E-state index in [1.54, 1.807) is 14.1 Å². The van der Waals surface area contributed by atoms with Gasteiger partial charge in [-0.1, -0.05) is 0 Å². The van der Waals surface area contributed by atoms with Crippen molar-refractivity contribution in [2.45, 2.75) is 6.18 Å². The van der Waals surface area contributed by atoms with Gasteiger partial charge in [-0.25, -0.2) is 4.98 Å². The number of aromatic nitrogens is 1. The minimum absolute atomic E-state index is 0. The van der Waals surface area contributed by atoms with E-state index in [0.29, 0.717) is 13.1 Å². The van der Waals surface area contributed by atoms with Crippen molar-refractivity contribution in [3.63, 3.8) is 0 Å². The number of halogens is 5. The number of hydrogen-bond acceptors (Lipinski definition) is 4. The number of ether oxygens (including phenoxy) is 1. The Morgan fingerprint density at radius 2 is 2.05 bits per heavy atom. The summed E-state index contributed by atoms with van der Waals surface area (Å²) in [5, 5.41) is 2.88. The topological polar surface area (TPSA) is 54.5 Å². The molecule has 0 saturated carbocycles. The average molecular weight is 364 g/mol. The van der Waals surface area contributed by atoms with E-state index in [1.807, 2.05) is 0 Å². The van der Waals surface area contributed by atoms with Crippen molar-refractivity contribution in [3.8, 4) is 5.88 Å². The number of likely N-dealkylation sites (N-methyl/N-ethyl adjacent to an activating group) is 2. The summed E-state index contributed by atoms with van der Waals surface area (Å²) in [6, 6.07) is 2.86. The molecule has 1 aromatic rings. The first-order valence-corrected chi connectivity index (χ1v) is 5.90.